The fourth-order valence-electron chi connectivity index (χ4n) is 4.13. The van der Waals surface area contributed by atoms with Gasteiger partial charge in [0, 0.05) is 32.1 Å². The fraction of sp³-hybridized carbons (Fsp3) is 0.947. The highest BCUT2D eigenvalue weighted by atomic mass is 35.5. The fourth-order valence-corrected chi connectivity index (χ4v) is 4.13. The Morgan fingerprint density at radius 1 is 1.00 bits per heavy atom. The standard InChI is InChI=1S/C19H37N3O.2ClH/c1-17-9-5-7-13-21(17)15-18-10-8-14-22(16-18)19(23)11-4-2-3-6-12-20;;/h17-18H,2-16,20H2,1H3;2*1H. The second kappa shape index (κ2) is 14.1. The van der Waals surface area contributed by atoms with Crippen LogP contribution >= 0.6 is 24.8 Å². The largest absolute Gasteiger partial charge is 0.342 e. The van der Waals surface area contributed by atoms with Crippen LogP contribution in [0.5, 0.6) is 0 Å². The van der Waals surface area contributed by atoms with Crippen molar-refractivity contribution in [3.05, 3.63) is 0 Å². The molecule has 0 saturated carbocycles. The van der Waals surface area contributed by atoms with Gasteiger partial charge in [0.2, 0.25) is 5.91 Å². The molecule has 4 nitrogen and oxygen atoms in total. The average Bonchev–Trinajstić information content (AvgIpc) is 2.57. The lowest BCUT2D eigenvalue weighted by atomic mass is 9.94. The molecule has 0 aromatic carbocycles. The van der Waals surface area contributed by atoms with Gasteiger partial charge in [-0.3, -0.25) is 4.79 Å². The Morgan fingerprint density at radius 2 is 1.76 bits per heavy atom. The Bertz CT molecular complexity index is 358. The van der Waals surface area contributed by atoms with E-state index in [0.717, 1.165) is 51.4 Å². The molecule has 2 rings (SSSR count). The Hall–Kier alpha value is -0.0300. The van der Waals surface area contributed by atoms with Crippen LogP contribution in [-0.2, 0) is 4.79 Å². The first-order valence-electron chi connectivity index (χ1n) is 9.92. The first kappa shape index (κ1) is 25.0. The molecular formula is C19H39Cl2N3O. The average molecular weight is 396 g/mol. The van der Waals surface area contributed by atoms with Gasteiger partial charge in [-0.1, -0.05) is 19.3 Å². The van der Waals surface area contributed by atoms with E-state index < -0.39 is 0 Å². The molecule has 1 amide bonds. The van der Waals surface area contributed by atoms with Gasteiger partial charge >= 0.3 is 0 Å². The van der Waals surface area contributed by atoms with Crippen LogP contribution in [0.1, 0.15) is 71.1 Å². The van der Waals surface area contributed by atoms with Crippen LogP contribution in [0.2, 0.25) is 0 Å². The first-order valence-corrected chi connectivity index (χ1v) is 9.92. The lowest BCUT2D eigenvalue weighted by Gasteiger charge is -2.39. The van der Waals surface area contributed by atoms with Gasteiger partial charge in [-0.15, -0.1) is 24.8 Å². The summed E-state index contributed by atoms with van der Waals surface area (Å²) in [6, 6.07) is 0.734. The molecule has 0 aliphatic carbocycles. The number of nitrogens with zero attached hydrogens (tertiary/aromatic N) is 2. The second-order valence-electron chi connectivity index (χ2n) is 7.64. The number of piperidine rings is 2. The molecular weight excluding hydrogens is 357 g/mol. The van der Waals surface area contributed by atoms with E-state index >= 15 is 0 Å². The van der Waals surface area contributed by atoms with Crippen LogP contribution in [-0.4, -0.2) is 54.5 Å². The van der Waals surface area contributed by atoms with E-state index in [1.54, 1.807) is 0 Å². The topological polar surface area (TPSA) is 49.6 Å². The lowest BCUT2D eigenvalue weighted by molar-refractivity contribution is -0.133. The number of rotatable bonds is 8. The van der Waals surface area contributed by atoms with Crippen molar-refractivity contribution in [3.8, 4) is 0 Å². The molecule has 0 spiro atoms. The summed E-state index contributed by atoms with van der Waals surface area (Å²) in [5.41, 5.74) is 5.51. The van der Waals surface area contributed by atoms with Crippen LogP contribution < -0.4 is 5.73 Å². The molecule has 6 heteroatoms. The van der Waals surface area contributed by atoms with Crippen molar-refractivity contribution in [2.75, 3.05) is 32.7 Å². The smallest absolute Gasteiger partial charge is 0.222 e. The summed E-state index contributed by atoms with van der Waals surface area (Å²) in [5, 5.41) is 0. The van der Waals surface area contributed by atoms with Crippen molar-refractivity contribution < 1.29 is 4.79 Å². The number of hydrogen-bond donors (Lipinski definition) is 1. The van der Waals surface area contributed by atoms with Crippen molar-refractivity contribution in [1.82, 2.24) is 9.80 Å². The Labute approximate surface area is 167 Å². The van der Waals surface area contributed by atoms with E-state index in [0.29, 0.717) is 11.8 Å². The molecule has 2 saturated heterocycles. The number of likely N-dealkylation sites (tertiary alicyclic amines) is 2. The minimum atomic E-state index is 0. The maximum Gasteiger partial charge on any atom is 0.222 e. The molecule has 150 valence electrons. The Kier molecular flexibility index (Phi) is 14.1. The maximum atomic E-state index is 12.4. The highest BCUT2D eigenvalue weighted by Crippen LogP contribution is 2.23. The minimum Gasteiger partial charge on any atom is -0.342 e. The second-order valence-corrected chi connectivity index (χ2v) is 7.64. The molecule has 0 aromatic heterocycles. The van der Waals surface area contributed by atoms with E-state index in [1.165, 1.54) is 51.6 Å². The van der Waals surface area contributed by atoms with Gasteiger partial charge in [-0.2, -0.15) is 0 Å². The zero-order chi connectivity index (χ0) is 16.5. The van der Waals surface area contributed by atoms with E-state index in [2.05, 4.69) is 16.7 Å². The van der Waals surface area contributed by atoms with Gasteiger partial charge in [-0.25, -0.2) is 0 Å². The van der Waals surface area contributed by atoms with E-state index in [9.17, 15) is 4.79 Å². The van der Waals surface area contributed by atoms with Gasteiger partial charge in [-0.05, 0) is 64.5 Å². The van der Waals surface area contributed by atoms with Crippen molar-refractivity contribution >= 4 is 30.7 Å². The highest BCUT2D eigenvalue weighted by molar-refractivity contribution is 5.85. The zero-order valence-electron chi connectivity index (χ0n) is 16.0. The molecule has 0 aromatic rings. The summed E-state index contributed by atoms with van der Waals surface area (Å²) in [5.74, 6) is 1.07. The predicted molar refractivity (Wildman–Crippen MR) is 111 cm³/mol. The quantitative estimate of drug-likeness (QED) is 0.634. The molecule has 2 fully saturated rings. The molecule has 0 radical (unpaired) electrons. The molecule has 2 heterocycles. The summed E-state index contributed by atoms with van der Waals surface area (Å²) in [7, 11) is 0. The third-order valence-corrected chi connectivity index (χ3v) is 5.65. The first-order chi connectivity index (χ1) is 11.2. The molecule has 2 atom stereocenters. The van der Waals surface area contributed by atoms with Gasteiger partial charge in [0.1, 0.15) is 0 Å². The van der Waals surface area contributed by atoms with Crippen LogP contribution in [0.15, 0.2) is 0 Å². The molecule has 2 unspecified atom stereocenters. The molecule has 0 bridgehead atoms. The van der Waals surface area contributed by atoms with Crippen LogP contribution in [0.3, 0.4) is 0 Å². The third-order valence-electron chi connectivity index (χ3n) is 5.65. The Morgan fingerprint density at radius 3 is 2.48 bits per heavy atom. The van der Waals surface area contributed by atoms with Crippen LogP contribution in [0, 0.1) is 5.92 Å². The van der Waals surface area contributed by atoms with Crippen molar-refractivity contribution in [1.29, 1.82) is 0 Å². The number of halogens is 2. The minimum absolute atomic E-state index is 0. The normalized spacial score (nSPS) is 24.3. The van der Waals surface area contributed by atoms with Gasteiger partial charge in [0.15, 0.2) is 0 Å². The monoisotopic (exact) mass is 395 g/mol. The summed E-state index contributed by atoms with van der Waals surface area (Å²) in [6.07, 6.45) is 11.7. The van der Waals surface area contributed by atoms with Crippen molar-refractivity contribution in [2.45, 2.75) is 77.2 Å². The van der Waals surface area contributed by atoms with Gasteiger partial charge < -0.3 is 15.5 Å². The number of hydrogen-bond acceptors (Lipinski definition) is 3. The number of carbonyl (C=O) groups excluding carboxylic acids is 1. The van der Waals surface area contributed by atoms with Crippen molar-refractivity contribution in [3.63, 3.8) is 0 Å². The van der Waals surface area contributed by atoms with E-state index in [-0.39, 0.29) is 24.8 Å². The number of amides is 1. The predicted octanol–water partition coefficient (Wildman–Crippen LogP) is 3.85. The van der Waals surface area contributed by atoms with Crippen molar-refractivity contribution in [2.24, 2.45) is 11.7 Å². The molecule has 2 aliphatic heterocycles. The van der Waals surface area contributed by atoms with E-state index in [4.69, 9.17) is 5.73 Å². The molecule has 2 N–H and O–H groups in total. The SMILES string of the molecule is CC1CCCCN1CC1CCCN(C(=O)CCCCCCN)C1.Cl.Cl. The lowest BCUT2D eigenvalue weighted by Crippen LogP contribution is -2.46. The summed E-state index contributed by atoms with van der Waals surface area (Å²) in [6.45, 7) is 7.57. The van der Waals surface area contributed by atoms with Crippen LogP contribution in [0.25, 0.3) is 0 Å². The number of unbranched alkanes of at least 4 members (excludes halogenated alkanes) is 3. The molecule has 25 heavy (non-hydrogen) atoms. The highest BCUT2D eigenvalue weighted by Gasteiger charge is 2.27. The third kappa shape index (κ3) is 8.94. The summed E-state index contributed by atoms with van der Waals surface area (Å²) >= 11 is 0. The summed E-state index contributed by atoms with van der Waals surface area (Å²) in [4.78, 5) is 17.2. The summed E-state index contributed by atoms with van der Waals surface area (Å²) < 4.78 is 0. The molecule has 2 aliphatic rings. The zero-order valence-corrected chi connectivity index (χ0v) is 17.6. The van der Waals surface area contributed by atoms with Gasteiger partial charge in [0.25, 0.3) is 0 Å². The van der Waals surface area contributed by atoms with Crippen LogP contribution in [0.4, 0.5) is 0 Å². The Balaban J connectivity index is 0.00000288. The number of carbonyl (C=O) groups is 1. The van der Waals surface area contributed by atoms with E-state index in [1.807, 2.05) is 0 Å². The number of nitrogens with two attached hydrogens (primary N) is 1. The maximum absolute atomic E-state index is 12.4. The van der Waals surface area contributed by atoms with Gasteiger partial charge in [0.05, 0.1) is 0 Å².